The largest absolute Gasteiger partial charge is 0.293 e. The number of benzene rings is 1. The molecule has 0 fully saturated rings. The third-order valence-corrected chi connectivity index (χ3v) is 6.43. The Labute approximate surface area is 154 Å². The molecule has 0 amide bonds. The van der Waals surface area contributed by atoms with Crippen molar-refractivity contribution in [1.82, 2.24) is 9.55 Å². The van der Waals surface area contributed by atoms with E-state index < -0.39 is 0 Å². The minimum absolute atomic E-state index is 0.0379. The lowest BCUT2D eigenvalue weighted by molar-refractivity contribution is 0.759. The van der Waals surface area contributed by atoms with E-state index in [0.717, 1.165) is 31.1 Å². The summed E-state index contributed by atoms with van der Waals surface area (Å²) in [7, 11) is 0. The first kappa shape index (κ1) is 16.2. The van der Waals surface area contributed by atoms with Crippen molar-refractivity contribution in [3.63, 3.8) is 0 Å². The molecular formula is C20H18N2OS2. The SMILES string of the molecule is Cc1ccc(-c2c(C)sc3ncn(Cc4cccs4)c(=O)c23)cc1C. The van der Waals surface area contributed by atoms with Crippen LogP contribution in [0.5, 0.6) is 0 Å². The number of aryl methyl sites for hydroxylation is 3. The molecule has 0 aliphatic heterocycles. The number of hydrogen-bond donors (Lipinski definition) is 0. The lowest BCUT2D eigenvalue weighted by Crippen LogP contribution is -2.20. The first-order chi connectivity index (χ1) is 12.0. The van der Waals surface area contributed by atoms with Crippen LogP contribution >= 0.6 is 22.7 Å². The molecule has 0 atom stereocenters. The molecule has 4 aromatic rings. The summed E-state index contributed by atoms with van der Waals surface area (Å²) in [5, 5.41) is 2.77. The van der Waals surface area contributed by atoms with Crippen molar-refractivity contribution in [3.8, 4) is 11.1 Å². The maximum Gasteiger partial charge on any atom is 0.263 e. The van der Waals surface area contributed by atoms with Gasteiger partial charge in [-0.15, -0.1) is 22.7 Å². The molecule has 0 saturated carbocycles. The number of fused-ring (bicyclic) bond motifs is 1. The van der Waals surface area contributed by atoms with E-state index in [1.165, 1.54) is 11.1 Å². The molecule has 0 N–H and O–H groups in total. The molecule has 0 saturated heterocycles. The molecule has 25 heavy (non-hydrogen) atoms. The monoisotopic (exact) mass is 366 g/mol. The zero-order valence-electron chi connectivity index (χ0n) is 14.4. The molecular weight excluding hydrogens is 348 g/mol. The van der Waals surface area contributed by atoms with Crippen LogP contribution in [0.1, 0.15) is 20.9 Å². The molecule has 4 rings (SSSR count). The number of hydrogen-bond acceptors (Lipinski definition) is 4. The van der Waals surface area contributed by atoms with Crippen molar-refractivity contribution in [3.05, 3.63) is 73.3 Å². The molecule has 0 aliphatic rings. The molecule has 5 heteroatoms. The second-order valence-electron chi connectivity index (χ2n) is 6.27. The number of thiophene rings is 2. The molecule has 0 spiro atoms. The predicted octanol–water partition coefficient (Wildman–Crippen LogP) is 5.16. The van der Waals surface area contributed by atoms with Gasteiger partial charge in [0.05, 0.1) is 18.3 Å². The highest BCUT2D eigenvalue weighted by molar-refractivity contribution is 7.19. The van der Waals surface area contributed by atoms with Crippen LogP contribution in [-0.4, -0.2) is 9.55 Å². The molecule has 1 aromatic carbocycles. The van der Waals surface area contributed by atoms with Gasteiger partial charge in [0.25, 0.3) is 5.56 Å². The Morgan fingerprint density at radius 2 is 1.96 bits per heavy atom. The Morgan fingerprint density at radius 3 is 2.68 bits per heavy atom. The van der Waals surface area contributed by atoms with E-state index in [1.807, 2.05) is 17.5 Å². The lowest BCUT2D eigenvalue weighted by Gasteiger charge is -2.07. The summed E-state index contributed by atoms with van der Waals surface area (Å²) in [5.41, 5.74) is 4.66. The summed E-state index contributed by atoms with van der Waals surface area (Å²) in [6, 6.07) is 10.4. The fraction of sp³-hybridized carbons (Fsp3) is 0.200. The van der Waals surface area contributed by atoms with E-state index in [2.05, 4.69) is 44.0 Å². The Kier molecular flexibility index (Phi) is 4.06. The van der Waals surface area contributed by atoms with E-state index in [1.54, 1.807) is 33.6 Å². The quantitative estimate of drug-likeness (QED) is 0.502. The summed E-state index contributed by atoms with van der Waals surface area (Å²) < 4.78 is 1.71. The third-order valence-electron chi connectivity index (χ3n) is 4.56. The minimum atomic E-state index is 0.0379. The lowest BCUT2D eigenvalue weighted by atomic mass is 9.99. The molecule has 0 bridgehead atoms. The van der Waals surface area contributed by atoms with Crippen LogP contribution in [0.2, 0.25) is 0 Å². The van der Waals surface area contributed by atoms with E-state index in [4.69, 9.17) is 0 Å². The molecule has 0 unspecified atom stereocenters. The van der Waals surface area contributed by atoms with Gasteiger partial charge < -0.3 is 0 Å². The van der Waals surface area contributed by atoms with Crippen LogP contribution in [0.25, 0.3) is 21.3 Å². The number of nitrogens with zero attached hydrogens (tertiary/aromatic N) is 2. The van der Waals surface area contributed by atoms with Gasteiger partial charge in [0, 0.05) is 15.3 Å². The zero-order valence-corrected chi connectivity index (χ0v) is 16.0. The first-order valence-corrected chi connectivity index (χ1v) is 9.83. The second-order valence-corrected chi connectivity index (χ2v) is 8.50. The van der Waals surface area contributed by atoms with Gasteiger partial charge in [0.2, 0.25) is 0 Å². The summed E-state index contributed by atoms with van der Waals surface area (Å²) in [4.78, 5) is 20.8. The molecule has 3 nitrogen and oxygen atoms in total. The normalized spacial score (nSPS) is 11.3. The van der Waals surface area contributed by atoms with Gasteiger partial charge >= 0.3 is 0 Å². The predicted molar refractivity (Wildman–Crippen MR) is 107 cm³/mol. The van der Waals surface area contributed by atoms with Crippen LogP contribution in [0.15, 0.2) is 46.8 Å². The summed E-state index contributed by atoms with van der Waals surface area (Å²) >= 11 is 3.25. The molecule has 126 valence electrons. The Balaban J connectivity index is 1.93. The van der Waals surface area contributed by atoms with E-state index in [-0.39, 0.29) is 5.56 Å². The van der Waals surface area contributed by atoms with Crippen LogP contribution in [0.4, 0.5) is 0 Å². The van der Waals surface area contributed by atoms with Gasteiger partial charge in [-0.1, -0.05) is 24.3 Å². The van der Waals surface area contributed by atoms with Crippen molar-refractivity contribution in [2.45, 2.75) is 27.3 Å². The van der Waals surface area contributed by atoms with Crippen LogP contribution in [0, 0.1) is 20.8 Å². The fourth-order valence-electron chi connectivity index (χ4n) is 3.07. The smallest absolute Gasteiger partial charge is 0.263 e. The Morgan fingerprint density at radius 1 is 1.12 bits per heavy atom. The summed E-state index contributed by atoms with van der Waals surface area (Å²) in [6.45, 7) is 6.85. The van der Waals surface area contributed by atoms with Gasteiger partial charge in [0.1, 0.15) is 4.83 Å². The standard InChI is InChI=1S/C20H18N2OS2/c1-12-6-7-15(9-13(12)2)17-14(3)25-19-18(17)20(23)22(11-21-19)10-16-5-4-8-24-16/h4-9,11H,10H2,1-3H3. The average molecular weight is 367 g/mol. The van der Waals surface area contributed by atoms with Crippen molar-refractivity contribution >= 4 is 32.9 Å². The highest BCUT2D eigenvalue weighted by atomic mass is 32.1. The molecule has 0 radical (unpaired) electrons. The van der Waals surface area contributed by atoms with Crippen molar-refractivity contribution in [2.24, 2.45) is 0 Å². The number of rotatable bonds is 3. The van der Waals surface area contributed by atoms with E-state index in [9.17, 15) is 4.79 Å². The maximum absolute atomic E-state index is 13.1. The van der Waals surface area contributed by atoms with Gasteiger partial charge in [-0.05, 0) is 48.9 Å². The van der Waals surface area contributed by atoms with E-state index in [0.29, 0.717) is 6.54 Å². The summed E-state index contributed by atoms with van der Waals surface area (Å²) in [6.07, 6.45) is 1.67. The molecule has 0 aliphatic carbocycles. The van der Waals surface area contributed by atoms with Crippen molar-refractivity contribution < 1.29 is 0 Å². The zero-order chi connectivity index (χ0) is 17.6. The topological polar surface area (TPSA) is 34.9 Å². The second kappa shape index (κ2) is 6.24. The number of aromatic nitrogens is 2. The highest BCUT2D eigenvalue weighted by Gasteiger charge is 2.17. The van der Waals surface area contributed by atoms with Gasteiger partial charge in [-0.2, -0.15) is 0 Å². The molecule has 3 aromatic heterocycles. The first-order valence-electron chi connectivity index (χ1n) is 8.13. The highest BCUT2D eigenvalue weighted by Crippen LogP contribution is 2.36. The third kappa shape index (κ3) is 2.83. The average Bonchev–Trinajstić information content (AvgIpc) is 3.20. The fourth-order valence-corrected chi connectivity index (χ4v) is 4.77. The Hall–Kier alpha value is -2.24. The van der Waals surface area contributed by atoms with Gasteiger partial charge in [0.15, 0.2) is 0 Å². The minimum Gasteiger partial charge on any atom is -0.293 e. The van der Waals surface area contributed by atoms with Crippen LogP contribution in [-0.2, 0) is 6.54 Å². The van der Waals surface area contributed by atoms with Gasteiger partial charge in [-0.3, -0.25) is 9.36 Å². The molecule has 3 heterocycles. The van der Waals surface area contributed by atoms with Crippen LogP contribution in [0.3, 0.4) is 0 Å². The van der Waals surface area contributed by atoms with Gasteiger partial charge in [-0.25, -0.2) is 4.98 Å². The van der Waals surface area contributed by atoms with E-state index >= 15 is 0 Å². The van der Waals surface area contributed by atoms with Crippen molar-refractivity contribution in [2.75, 3.05) is 0 Å². The summed E-state index contributed by atoms with van der Waals surface area (Å²) in [5.74, 6) is 0. The van der Waals surface area contributed by atoms with Crippen LogP contribution < -0.4 is 5.56 Å². The maximum atomic E-state index is 13.1. The Bertz CT molecular complexity index is 1120. The van der Waals surface area contributed by atoms with Crippen molar-refractivity contribution in [1.29, 1.82) is 0 Å².